The molecule has 0 bridgehead atoms. The van der Waals surface area contributed by atoms with Gasteiger partial charge in [-0.1, -0.05) is 38.1 Å². The van der Waals surface area contributed by atoms with Crippen molar-refractivity contribution in [1.29, 1.82) is 5.41 Å². The molecule has 2 nitrogen and oxygen atoms in total. The van der Waals surface area contributed by atoms with Crippen LogP contribution in [0.3, 0.4) is 0 Å². The molecule has 0 amide bonds. The maximum Gasteiger partial charge on any atom is 0.123 e. The lowest BCUT2D eigenvalue weighted by atomic mass is 10.1. The Morgan fingerprint density at radius 2 is 2.07 bits per heavy atom. The van der Waals surface area contributed by atoms with E-state index in [2.05, 4.69) is 13.8 Å². The SMILES string of the molecule is CC(C)SCc1ccccc1C(=N)N. The standard InChI is InChI=1S/C11H16N2S/c1-8(2)14-7-9-5-3-4-6-10(9)11(12)13/h3-6,8H,7H2,1-2H3,(H3,12,13). The maximum atomic E-state index is 7.43. The van der Waals surface area contributed by atoms with Gasteiger partial charge in [-0.2, -0.15) is 11.8 Å². The van der Waals surface area contributed by atoms with Gasteiger partial charge >= 0.3 is 0 Å². The van der Waals surface area contributed by atoms with Gasteiger partial charge in [0, 0.05) is 11.3 Å². The van der Waals surface area contributed by atoms with Gasteiger partial charge in [0.2, 0.25) is 0 Å². The van der Waals surface area contributed by atoms with Crippen LogP contribution in [0.25, 0.3) is 0 Å². The molecule has 1 aromatic carbocycles. The van der Waals surface area contributed by atoms with E-state index in [4.69, 9.17) is 11.1 Å². The summed E-state index contributed by atoms with van der Waals surface area (Å²) in [5.41, 5.74) is 7.51. The Morgan fingerprint density at radius 1 is 1.43 bits per heavy atom. The molecule has 3 N–H and O–H groups in total. The van der Waals surface area contributed by atoms with Crippen molar-refractivity contribution in [1.82, 2.24) is 0 Å². The third-order valence-electron chi connectivity index (χ3n) is 1.88. The molecule has 0 radical (unpaired) electrons. The van der Waals surface area contributed by atoms with Crippen molar-refractivity contribution in [3.8, 4) is 0 Å². The lowest BCUT2D eigenvalue weighted by Crippen LogP contribution is -2.13. The van der Waals surface area contributed by atoms with Crippen molar-refractivity contribution >= 4 is 17.6 Å². The van der Waals surface area contributed by atoms with Gasteiger partial charge in [-0.15, -0.1) is 0 Å². The van der Waals surface area contributed by atoms with Crippen LogP contribution in [-0.2, 0) is 5.75 Å². The van der Waals surface area contributed by atoms with Gasteiger partial charge < -0.3 is 5.73 Å². The largest absolute Gasteiger partial charge is 0.384 e. The van der Waals surface area contributed by atoms with Gasteiger partial charge in [-0.05, 0) is 10.8 Å². The number of thioether (sulfide) groups is 1. The second kappa shape index (κ2) is 5.05. The lowest BCUT2D eigenvalue weighted by Gasteiger charge is -2.09. The minimum absolute atomic E-state index is 0.157. The van der Waals surface area contributed by atoms with Crippen LogP contribution in [0.2, 0.25) is 0 Å². The van der Waals surface area contributed by atoms with Crippen molar-refractivity contribution < 1.29 is 0 Å². The van der Waals surface area contributed by atoms with Crippen LogP contribution in [0.15, 0.2) is 24.3 Å². The molecule has 0 aromatic heterocycles. The number of amidine groups is 1. The Balaban J connectivity index is 2.79. The Morgan fingerprint density at radius 3 is 2.64 bits per heavy atom. The predicted octanol–water partition coefficient (Wildman–Crippen LogP) is 2.61. The van der Waals surface area contributed by atoms with Crippen LogP contribution in [0.1, 0.15) is 25.0 Å². The molecule has 14 heavy (non-hydrogen) atoms. The average molecular weight is 208 g/mol. The summed E-state index contributed by atoms with van der Waals surface area (Å²) in [6.45, 7) is 4.34. The summed E-state index contributed by atoms with van der Waals surface area (Å²) < 4.78 is 0. The summed E-state index contributed by atoms with van der Waals surface area (Å²) in [4.78, 5) is 0. The fraction of sp³-hybridized carbons (Fsp3) is 0.364. The van der Waals surface area contributed by atoms with E-state index in [1.807, 2.05) is 36.0 Å². The topological polar surface area (TPSA) is 49.9 Å². The van der Waals surface area contributed by atoms with E-state index in [0.29, 0.717) is 5.25 Å². The number of nitrogens with two attached hydrogens (primary N) is 1. The summed E-state index contributed by atoms with van der Waals surface area (Å²) in [7, 11) is 0. The van der Waals surface area contributed by atoms with Crippen LogP contribution < -0.4 is 5.73 Å². The molecule has 0 atom stereocenters. The summed E-state index contributed by atoms with van der Waals surface area (Å²) in [6.07, 6.45) is 0. The molecule has 0 spiro atoms. The molecule has 1 rings (SSSR count). The van der Waals surface area contributed by atoms with Crippen molar-refractivity contribution in [3.05, 3.63) is 35.4 Å². The van der Waals surface area contributed by atoms with E-state index in [1.165, 1.54) is 0 Å². The Bertz CT molecular complexity index is 321. The number of nitrogens with one attached hydrogen (secondary N) is 1. The maximum absolute atomic E-state index is 7.43. The lowest BCUT2D eigenvalue weighted by molar-refractivity contribution is 1.11. The molecule has 3 heteroatoms. The summed E-state index contributed by atoms with van der Waals surface area (Å²) in [5, 5.41) is 8.04. The summed E-state index contributed by atoms with van der Waals surface area (Å²) >= 11 is 1.86. The molecular weight excluding hydrogens is 192 g/mol. The van der Waals surface area contributed by atoms with Crippen molar-refractivity contribution in [2.45, 2.75) is 24.9 Å². The molecular formula is C11H16N2S. The first kappa shape index (κ1) is 11.1. The fourth-order valence-electron chi connectivity index (χ4n) is 1.17. The summed E-state index contributed by atoms with van der Waals surface area (Å²) in [5.74, 6) is 1.08. The number of nitrogen functional groups attached to an aromatic ring is 1. The highest BCUT2D eigenvalue weighted by molar-refractivity contribution is 7.99. The molecule has 0 fully saturated rings. The minimum Gasteiger partial charge on any atom is -0.384 e. The molecule has 76 valence electrons. The zero-order valence-corrected chi connectivity index (χ0v) is 9.40. The van der Waals surface area contributed by atoms with Crippen LogP contribution >= 0.6 is 11.8 Å². The fourth-order valence-corrected chi connectivity index (χ4v) is 1.93. The van der Waals surface area contributed by atoms with E-state index in [-0.39, 0.29) is 5.84 Å². The zero-order valence-electron chi connectivity index (χ0n) is 8.58. The van der Waals surface area contributed by atoms with Crippen molar-refractivity contribution in [3.63, 3.8) is 0 Å². The molecule has 0 aliphatic heterocycles. The second-order valence-electron chi connectivity index (χ2n) is 3.43. The molecule has 1 aromatic rings. The molecule has 0 heterocycles. The van der Waals surface area contributed by atoms with Crippen LogP contribution in [0, 0.1) is 5.41 Å². The monoisotopic (exact) mass is 208 g/mol. The first-order valence-electron chi connectivity index (χ1n) is 4.65. The minimum atomic E-state index is 0.157. The van der Waals surface area contributed by atoms with Crippen molar-refractivity contribution in [2.24, 2.45) is 5.73 Å². The Kier molecular flexibility index (Phi) is 4.01. The van der Waals surface area contributed by atoms with Gasteiger partial charge in [-0.3, -0.25) is 5.41 Å². The first-order valence-corrected chi connectivity index (χ1v) is 5.70. The van der Waals surface area contributed by atoms with E-state index in [0.717, 1.165) is 16.9 Å². The van der Waals surface area contributed by atoms with Gasteiger partial charge in [0.25, 0.3) is 0 Å². The number of benzene rings is 1. The average Bonchev–Trinajstić information content (AvgIpc) is 2.15. The molecule has 0 aliphatic carbocycles. The first-order chi connectivity index (χ1) is 6.61. The quantitative estimate of drug-likeness (QED) is 0.590. The van der Waals surface area contributed by atoms with E-state index < -0.39 is 0 Å². The van der Waals surface area contributed by atoms with Gasteiger partial charge in [0.15, 0.2) is 0 Å². The van der Waals surface area contributed by atoms with Crippen LogP contribution in [-0.4, -0.2) is 11.1 Å². The van der Waals surface area contributed by atoms with E-state index in [1.54, 1.807) is 0 Å². The molecule has 0 unspecified atom stereocenters. The Labute approximate surface area is 89.4 Å². The number of hydrogen-bond acceptors (Lipinski definition) is 2. The van der Waals surface area contributed by atoms with Gasteiger partial charge in [-0.25, -0.2) is 0 Å². The van der Waals surface area contributed by atoms with Crippen LogP contribution in [0.4, 0.5) is 0 Å². The van der Waals surface area contributed by atoms with Gasteiger partial charge in [0.05, 0.1) is 0 Å². The third-order valence-corrected chi connectivity index (χ3v) is 3.02. The normalized spacial score (nSPS) is 10.5. The van der Waals surface area contributed by atoms with Crippen LogP contribution in [0.5, 0.6) is 0 Å². The Hall–Kier alpha value is -0.960. The third kappa shape index (κ3) is 3.07. The highest BCUT2D eigenvalue weighted by atomic mass is 32.2. The highest BCUT2D eigenvalue weighted by Gasteiger charge is 2.04. The van der Waals surface area contributed by atoms with Gasteiger partial charge in [0.1, 0.15) is 5.84 Å². The molecule has 0 saturated heterocycles. The van der Waals surface area contributed by atoms with Crippen molar-refractivity contribution in [2.75, 3.05) is 0 Å². The smallest absolute Gasteiger partial charge is 0.123 e. The number of hydrogen-bond donors (Lipinski definition) is 2. The number of rotatable bonds is 4. The highest BCUT2D eigenvalue weighted by Crippen LogP contribution is 2.19. The van der Waals surface area contributed by atoms with E-state index in [9.17, 15) is 0 Å². The predicted molar refractivity (Wildman–Crippen MR) is 63.9 cm³/mol. The zero-order chi connectivity index (χ0) is 10.6. The molecule has 0 aliphatic rings. The second-order valence-corrected chi connectivity index (χ2v) is 5.00. The van der Waals surface area contributed by atoms with E-state index >= 15 is 0 Å². The summed E-state index contributed by atoms with van der Waals surface area (Å²) in [6, 6.07) is 7.84. The molecule has 0 saturated carbocycles.